The van der Waals surface area contributed by atoms with E-state index >= 15 is 0 Å². The minimum absolute atomic E-state index is 0.0815. The minimum Gasteiger partial charge on any atom is -0.469 e. The van der Waals surface area contributed by atoms with E-state index in [2.05, 4.69) is 11.9 Å². The summed E-state index contributed by atoms with van der Waals surface area (Å²) >= 11 is 1.45. The topological polar surface area (TPSA) is 59.5 Å². The van der Waals surface area contributed by atoms with Crippen LogP contribution in [0.4, 0.5) is 0 Å². The summed E-state index contributed by atoms with van der Waals surface area (Å²) in [5, 5.41) is 0.981. The molecule has 0 aliphatic carbocycles. The van der Waals surface area contributed by atoms with Crippen LogP contribution in [0.15, 0.2) is 30.3 Å². The molecule has 0 spiro atoms. The highest BCUT2D eigenvalue weighted by Gasteiger charge is 2.25. The number of methoxy groups -OCH3 is 1. The lowest BCUT2D eigenvalue weighted by Gasteiger charge is -2.25. The molecule has 1 heterocycles. The Balaban J connectivity index is 2.26. The molecule has 0 saturated heterocycles. The van der Waals surface area contributed by atoms with Crippen LogP contribution in [-0.2, 0) is 22.5 Å². The molecule has 2 rings (SSSR count). The second-order valence-electron chi connectivity index (χ2n) is 6.37. The number of carbonyl (C=O) groups excluding carboxylic acids is 2. The van der Waals surface area contributed by atoms with Gasteiger partial charge in [0.25, 0.3) is 5.91 Å². The maximum atomic E-state index is 13.2. The average Bonchev–Trinajstić information content (AvgIpc) is 3.01. The van der Waals surface area contributed by atoms with Crippen molar-refractivity contribution in [3.8, 4) is 0 Å². The SMILES string of the molecule is CCCc1nc(C)c(C(=O)N(Cc2ccccc2)CC(C)C(=O)OC)s1. The summed E-state index contributed by atoms with van der Waals surface area (Å²) in [6.45, 7) is 6.49. The normalized spacial score (nSPS) is 11.8. The molecule has 26 heavy (non-hydrogen) atoms. The molecule has 0 aliphatic heterocycles. The quantitative estimate of drug-likeness (QED) is 0.659. The minimum atomic E-state index is -0.393. The molecule has 6 heteroatoms. The van der Waals surface area contributed by atoms with Crippen LogP contribution >= 0.6 is 11.3 Å². The summed E-state index contributed by atoms with van der Waals surface area (Å²) in [7, 11) is 1.37. The molecule has 1 aromatic carbocycles. The van der Waals surface area contributed by atoms with Gasteiger partial charge in [-0.15, -0.1) is 11.3 Å². The van der Waals surface area contributed by atoms with Gasteiger partial charge < -0.3 is 9.64 Å². The van der Waals surface area contributed by atoms with Crippen molar-refractivity contribution < 1.29 is 14.3 Å². The van der Waals surface area contributed by atoms with E-state index in [1.807, 2.05) is 37.3 Å². The Labute approximate surface area is 159 Å². The Bertz CT molecular complexity index is 743. The second-order valence-corrected chi connectivity index (χ2v) is 7.45. The molecule has 1 amide bonds. The maximum Gasteiger partial charge on any atom is 0.310 e. The molecule has 0 aliphatic rings. The Morgan fingerprint density at radius 1 is 1.27 bits per heavy atom. The maximum absolute atomic E-state index is 13.2. The third-order valence-electron chi connectivity index (χ3n) is 4.10. The van der Waals surface area contributed by atoms with E-state index in [4.69, 9.17) is 4.74 Å². The van der Waals surface area contributed by atoms with Crippen molar-refractivity contribution in [1.29, 1.82) is 0 Å². The van der Waals surface area contributed by atoms with Crippen LogP contribution in [-0.4, -0.2) is 35.4 Å². The molecule has 0 saturated carbocycles. The van der Waals surface area contributed by atoms with E-state index in [9.17, 15) is 9.59 Å². The van der Waals surface area contributed by atoms with E-state index in [0.717, 1.165) is 29.1 Å². The molecule has 140 valence electrons. The van der Waals surface area contributed by atoms with E-state index in [1.54, 1.807) is 11.8 Å². The predicted molar refractivity (Wildman–Crippen MR) is 103 cm³/mol. The van der Waals surface area contributed by atoms with Crippen LogP contribution < -0.4 is 0 Å². The number of carbonyl (C=O) groups is 2. The molecule has 0 radical (unpaired) electrons. The van der Waals surface area contributed by atoms with Crippen molar-refractivity contribution in [2.45, 2.75) is 40.2 Å². The number of amides is 1. The molecule has 2 aromatic rings. The summed E-state index contributed by atoms with van der Waals surface area (Å²) in [6, 6.07) is 9.78. The van der Waals surface area contributed by atoms with Gasteiger partial charge in [-0.25, -0.2) is 4.98 Å². The third-order valence-corrected chi connectivity index (χ3v) is 5.31. The molecule has 5 nitrogen and oxygen atoms in total. The Morgan fingerprint density at radius 2 is 1.96 bits per heavy atom. The van der Waals surface area contributed by atoms with E-state index < -0.39 is 5.92 Å². The van der Waals surface area contributed by atoms with Gasteiger partial charge in [-0.05, 0) is 25.3 Å². The summed E-state index contributed by atoms with van der Waals surface area (Å²) in [4.78, 5) is 31.9. The van der Waals surface area contributed by atoms with Crippen LogP contribution in [0, 0.1) is 12.8 Å². The molecule has 1 unspecified atom stereocenters. The van der Waals surface area contributed by atoms with Crippen molar-refractivity contribution in [1.82, 2.24) is 9.88 Å². The number of nitrogens with zero attached hydrogens (tertiary/aromatic N) is 2. The van der Waals surface area contributed by atoms with E-state index in [-0.39, 0.29) is 11.9 Å². The highest BCUT2D eigenvalue weighted by atomic mass is 32.1. The molecule has 0 N–H and O–H groups in total. The lowest BCUT2D eigenvalue weighted by molar-refractivity contribution is -0.145. The monoisotopic (exact) mass is 374 g/mol. The molecular formula is C20H26N2O3S. The van der Waals surface area contributed by atoms with Crippen LogP contribution in [0.3, 0.4) is 0 Å². The Hall–Kier alpha value is -2.21. The fourth-order valence-electron chi connectivity index (χ4n) is 2.74. The summed E-state index contributed by atoms with van der Waals surface area (Å²) in [6.07, 6.45) is 1.86. The van der Waals surface area contributed by atoms with Crippen LogP contribution in [0.25, 0.3) is 0 Å². The zero-order chi connectivity index (χ0) is 19.1. The fourth-order valence-corrected chi connectivity index (χ4v) is 3.88. The fraction of sp³-hybridized carbons (Fsp3) is 0.450. The number of thiazole rings is 1. The highest BCUT2D eigenvalue weighted by Crippen LogP contribution is 2.23. The van der Waals surface area contributed by atoms with Gasteiger partial charge in [-0.1, -0.05) is 44.2 Å². The van der Waals surface area contributed by atoms with Gasteiger partial charge in [-0.2, -0.15) is 0 Å². The van der Waals surface area contributed by atoms with Crippen LogP contribution in [0.5, 0.6) is 0 Å². The number of hydrogen-bond donors (Lipinski definition) is 0. The lowest BCUT2D eigenvalue weighted by atomic mass is 10.1. The van der Waals surface area contributed by atoms with Gasteiger partial charge in [-0.3, -0.25) is 9.59 Å². The van der Waals surface area contributed by atoms with E-state index in [0.29, 0.717) is 18.0 Å². The van der Waals surface area contributed by atoms with Crippen LogP contribution in [0.1, 0.15) is 46.2 Å². The van der Waals surface area contributed by atoms with Gasteiger partial charge >= 0.3 is 5.97 Å². The van der Waals surface area contributed by atoms with Gasteiger partial charge in [0.05, 0.1) is 23.7 Å². The number of esters is 1. The van der Waals surface area contributed by atoms with Gasteiger partial charge in [0.15, 0.2) is 0 Å². The second kappa shape index (κ2) is 9.48. The molecule has 1 aromatic heterocycles. The number of aryl methyl sites for hydroxylation is 2. The number of benzene rings is 1. The zero-order valence-corrected chi connectivity index (χ0v) is 16.6. The van der Waals surface area contributed by atoms with Gasteiger partial charge in [0.1, 0.15) is 4.88 Å². The number of ether oxygens (including phenoxy) is 1. The number of hydrogen-bond acceptors (Lipinski definition) is 5. The molecular weight excluding hydrogens is 348 g/mol. The van der Waals surface area contributed by atoms with Crippen molar-refractivity contribution in [2.75, 3.05) is 13.7 Å². The Kier molecular flexibility index (Phi) is 7.33. The van der Waals surface area contributed by atoms with Gasteiger partial charge in [0, 0.05) is 13.1 Å². The van der Waals surface area contributed by atoms with Gasteiger partial charge in [0.2, 0.25) is 0 Å². The molecule has 0 bridgehead atoms. The third kappa shape index (κ3) is 5.14. The lowest BCUT2D eigenvalue weighted by Crippen LogP contribution is -2.36. The highest BCUT2D eigenvalue weighted by molar-refractivity contribution is 7.13. The molecule has 1 atom stereocenters. The first-order chi connectivity index (χ1) is 12.5. The van der Waals surface area contributed by atoms with Crippen molar-refractivity contribution in [2.24, 2.45) is 5.92 Å². The number of aromatic nitrogens is 1. The average molecular weight is 375 g/mol. The van der Waals surface area contributed by atoms with Crippen molar-refractivity contribution >= 4 is 23.2 Å². The van der Waals surface area contributed by atoms with E-state index in [1.165, 1.54) is 18.4 Å². The largest absolute Gasteiger partial charge is 0.469 e. The smallest absolute Gasteiger partial charge is 0.310 e. The zero-order valence-electron chi connectivity index (χ0n) is 15.8. The first-order valence-electron chi connectivity index (χ1n) is 8.83. The summed E-state index contributed by atoms with van der Waals surface area (Å²) in [5.41, 5.74) is 1.78. The summed E-state index contributed by atoms with van der Waals surface area (Å²) < 4.78 is 4.82. The first kappa shape index (κ1) is 20.1. The number of rotatable bonds is 8. The standard InChI is InChI=1S/C20H26N2O3S/c1-5-9-17-21-15(3)18(26-17)19(23)22(12-14(2)20(24)25-4)13-16-10-7-6-8-11-16/h6-8,10-11,14H,5,9,12-13H2,1-4H3. The Morgan fingerprint density at radius 3 is 2.58 bits per heavy atom. The summed E-state index contributed by atoms with van der Waals surface area (Å²) in [5.74, 6) is -0.790. The van der Waals surface area contributed by atoms with Crippen molar-refractivity contribution in [3.63, 3.8) is 0 Å². The van der Waals surface area contributed by atoms with Crippen LogP contribution in [0.2, 0.25) is 0 Å². The first-order valence-corrected chi connectivity index (χ1v) is 9.65. The van der Waals surface area contributed by atoms with Crippen molar-refractivity contribution in [3.05, 3.63) is 51.5 Å². The predicted octanol–water partition coefficient (Wildman–Crippen LogP) is 3.86. The molecule has 0 fully saturated rings.